The maximum Gasteiger partial charge on any atom is 0.251 e. The van der Waals surface area contributed by atoms with E-state index in [1.807, 2.05) is 36.4 Å². The van der Waals surface area contributed by atoms with E-state index < -0.39 is 36.1 Å². The van der Waals surface area contributed by atoms with Gasteiger partial charge >= 0.3 is 0 Å². The van der Waals surface area contributed by atoms with Gasteiger partial charge in [0.25, 0.3) is 5.91 Å². The van der Waals surface area contributed by atoms with Crippen molar-refractivity contribution in [2.24, 2.45) is 0 Å². The van der Waals surface area contributed by atoms with Crippen LogP contribution in [-0.4, -0.2) is 54.5 Å². The van der Waals surface area contributed by atoms with E-state index in [1.165, 1.54) is 14.0 Å². The lowest BCUT2D eigenvalue weighted by atomic mass is 9.98. The molecule has 7 nitrogen and oxygen atoms in total. The number of hydrogen-bond donors (Lipinski definition) is 1. The van der Waals surface area contributed by atoms with Crippen LogP contribution in [0.5, 0.6) is 0 Å². The fourth-order valence-corrected chi connectivity index (χ4v) is 4.96. The van der Waals surface area contributed by atoms with Crippen LogP contribution >= 0.6 is 11.8 Å². The van der Waals surface area contributed by atoms with Gasteiger partial charge in [0.05, 0.1) is 17.9 Å². The van der Waals surface area contributed by atoms with E-state index in [0.717, 1.165) is 17.3 Å². The molecule has 0 saturated carbocycles. The van der Waals surface area contributed by atoms with Crippen LogP contribution in [0.1, 0.15) is 29.1 Å². The van der Waals surface area contributed by atoms with E-state index in [2.05, 4.69) is 5.32 Å². The molecule has 6 unspecified atom stereocenters. The molecule has 2 aromatic rings. The third-order valence-electron chi connectivity index (χ3n) is 5.28. The largest absolute Gasteiger partial charge is 0.354 e. The van der Waals surface area contributed by atoms with Crippen molar-refractivity contribution in [3.63, 3.8) is 0 Å². The molecular weight excluding hydrogens is 418 g/mol. The predicted octanol–water partition coefficient (Wildman–Crippen LogP) is 2.92. The van der Waals surface area contributed by atoms with Crippen molar-refractivity contribution in [1.29, 1.82) is 0 Å². The lowest BCUT2D eigenvalue weighted by Crippen LogP contribution is -2.65. The first-order valence-corrected chi connectivity index (χ1v) is 11.0. The Bertz CT molecular complexity index is 895. The number of carbonyl (C=O) groups excluding carboxylic acids is 2. The van der Waals surface area contributed by atoms with Gasteiger partial charge in [-0.1, -0.05) is 60.3 Å². The van der Waals surface area contributed by atoms with Gasteiger partial charge in [-0.25, -0.2) is 0 Å². The molecule has 2 aliphatic rings. The smallest absolute Gasteiger partial charge is 0.251 e. The molecule has 164 valence electrons. The summed E-state index contributed by atoms with van der Waals surface area (Å²) < 4.78 is 23.8. The number of thioether (sulfide) groups is 1. The third-order valence-corrected chi connectivity index (χ3v) is 6.44. The minimum Gasteiger partial charge on any atom is -0.354 e. The van der Waals surface area contributed by atoms with Crippen molar-refractivity contribution >= 4 is 22.8 Å². The van der Waals surface area contributed by atoms with Crippen LogP contribution < -0.4 is 5.32 Å². The number of carbonyl (C=O) groups is 2. The number of hydrogen-bond acceptors (Lipinski definition) is 7. The maximum atomic E-state index is 12.9. The van der Waals surface area contributed by atoms with Crippen molar-refractivity contribution in [3.05, 3.63) is 71.8 Å². The Labute approximate surface area is 185 Å². The number of methoxy groups -OCH3 is 1. The molecular formula is C23H25NO6S. The highest BCUT2D eigenvalue weighted by molar-refractivity contribution is 8.14. The summed E-state index contributed by atoms with van der Waals surface area (Å²) in [7, 11) is 1.51. The molecule has 8 heteroatoms. The Morgan fingerprint density at radius 2 is 1.71 bits per heavy atom. The van der Waals surface area contributed by atoms with Gasteiger partial charge in [0.15, 0.2) is 17.7 Å². The summed E-state index contributed by atoms with van der Waals surface area (Å²) >= 11 is 1.13. The molecule has 1 N–H and O–H groups in total. The summed E-state index contributed by atoms with van der Waals surface area (Å²) in [6, 6.07) is 17.9. The molecule has 6 atom stereocenters. The number of amides is 1. The van der Waals surface area contributed by atoms with E-state index in [4.69, 9.17) is 18.9 Å². The molecule has 0 bridgehead atoms. The zero-order valence-corrected chi connectivity index (χ0v) is 18.1. The molecule has 0 aliphatic carbocycles. The van der Waals surface area contributed by atoms with Crippen LogP contribution in [0.25, 0.3) is 0 Å². The minimum absolute atomic E-state index is 0.0779. The molecule has 2 fully saturated rings. The van der Waals surface area contributed by atoms with Crippen molar-refractivity contribution in [3.8, 4) is 0 Å². The molecule has 4 rings (SSSR count). The van der Waals surface area contributed by atoms with E-state index in [-0.39, 0.29) is 11.0 Å². The number of benzene rings is 2. The minimum atomic E-state index is -0.744. The van der Waals surface area contributed by atoms with Crippen LogP contribution in [0, 0.1) is 0 Å². The molecule has 0 radical (unpaired) electrons. The first-order valence-electron chi connectivity index (χ1n) is 10.1. The second-order valence-corrected chi connectivity index (χ2v) is 8.75. The van der Waals surface area contributed by atoms with Crippen molar-refractivity contribution in [1.82, 2.24) is 5.32 Å². The summed E-state index contributed by atoms with van der Waals surface area (Å²) in [5.74, 6) is -0.268. The molecule has 31 heavy (non-hydrogen) atoms. The summed E-state index contributed by atoms with van der Waals surface area (Å²) in [5.41, 5.74) is 1.40. The van der Waals surface area contributed by atoms with Crippen molar-refractivity contribution in [2.75, 3.05) is 13.7 Å². The van der Waals surface area contributed by atoms with Gasteiger partial charge in [0.1, 0.15) is 12.2 Å². The monoisotopic (exact) mass is 443 g/mol. The highest BCUT2D eigenvalue weighted by Crippen LogP contribution is 2.39. The first kappa shape index (κ1) is 22.0. The Hall–Kier alpha value is -2.23. The van der Waals surface area contributed by atoms with Gasteiger partial charge in [-0.05, 0) is 12.1 Å². The molecule has 2 heterocycles. The van der Waals surface area contributed by atoms with Gasteiger partial charge in [0, 0.05) is 25.2 Å². The normalized spacial score (nSPS) is 30.3. The summed E-state index contributed by atoms with van der Waals surface area (Å²) in [4.78, 5) is 25.0. The molecule has 2 aromatic carbocycles. The van der Waals surface area contributed by atoms with Crippen molar-refractivity contribution in [2.45, 2.75) is 43.0 Å². The molecule has 2 aliphatic heterocycles. The fraction of sp³-hybridized carbons (Fsp3) is 0.391. The summed E-state index contributed by atoms with van der Waals surface area (Å²) in [6.07, 6.45) is -2.22. The van der Waals surface area contributed by atoms with E-state index >= 15 is 0 Å². The quantitative estimate of drug-likeness (QED) is 0.761. The van der Waals surface area contributed by atoms with Gasteiger partial charge in [-0.2, -0.15) is 0 Å². The number of rotatable bonds is 5. The predicted molar refractivity (Wildman–Crippen MR) is 115 cm³/mol. The van der Waals surface area contributed by atoms with Crippen LogP contribution in [0.15, 0.2) is 60.7 Å². The maximum absolute atomic E-state index is 12.9. The summed E-state index contributed by atoms with van der Waals surface area (Å²) in [6.45, 7) is 1.79. The highest BCUT2D eigenvalue weighted by atomic mass is 32.2. The second kappa shape index (κ2) is 9.93. The van der Waals surface area contributed by atoms with Gasteiger partial charge < -0.3 is 24.3 Å². The number of nitrogens with one attached hydrogen (secondary N) is 1. The highest BCUT2D eigenvalue weighted by Gasteiger charge is 2.51. The Balaban J connectivity index is 1.60. The number of ether oxygens (including phenoxy) is 4. The number of fused-ring (bicyclic) bond motifs is 1. The van der Waals surface area contributed by atoms with Crippen LogP contribution in [0.2, 0.25) is 0 Å². The molecule has 0 aromatic heterocycles. The Morgan fingerprint density at radius 1 is 1.03 bits per heavy atom. The summed E-state index contributed by atoms with van der Waals surface area (Å²) in [5, 5.41) is 2.51. The fourth-order valence-electron chi connectivity index (χ4n) is 3.86. The topological polar surface area (TPSA) is 83.1 Å². The van der Waals surface area contributed by atoms with Gasteiger partial charge in [-0.3, -0.25) is 9.59 Å². The van der Waals surface area contributed by atoms with E-state index in [0.29, 0.717) is 12.2 Å². The van der Waals surface area contributed by atoms with Crippen LogP contribution in [0.3, 0.4) is 0 Å². The van der Waals surface area contributed by atoms with Gasteiger partial charge in [-0.15, -0.1) is 0 Å². The Kier molecular flexibility index (Phi) is 7.04. The first-order chi connectivity index (χ1) is 15.1. The van der Waals surface area contributed by atoms with E-state index in [9.17, 15) is 9.59 Å². The average molecular weight is 444 g/mol. The molecule has 0 spiro atoms. The van der Waals surface area contributed by atoms with Crippen LogP contribution in [-0.2, 0) is 23.7 Å². The lowest BCUT2D eigenvalue weighted by Gasteiger charge is -2.48. The molecule has 1 amide bonds. The second-order valence-electron chi connectivity index (χ2n) is 7.39. The standard InChI is InChI=1S/C23H25NO6S/c1-14(25)31-20-18(24-21(26)15-9-5-3-6-10-15)23(27-2)29-17-13-28-22(30-19(17)20)16-11-7-4-8-12-16/h3-12,17-20,22-23H,13H2,1-2H3,(H,24,26). The average Bonchev–Trinajstić information content (AvgIpc) is 2.80. The lowest BCUT2D eigenvalue weighted by molar-refractivity contribution is -0.316. The molecule has 2 saturated heterocycles. The zero-order chi connectivity index (χ0) is 21.8. The zero-order valence-electron chi connectivity index (χ0n) is 17.3. The third kappa shape index (κ3) is 4.99. The Morgan fingerprint density at radius 3 is 2.35 bits per heavy atom. The van der Waals surface area contributed by atoms with Crippen LogP contribution in [0.4, 0.5) is 0 Å². The SMILES string of the molecule is COC1OC2COC(c3ccccc3)OC2C(SC(C)=O)C1NC(=O)c1ccccc1. The van der Waals surface area contributed by atoms with Crippen molar-refractivity contribution < 1.29 is 28.5 Å². The van der Waals surface area contributed by atoms with Gasteiger partial charge in [0.2, 0.25) is 0 Å². The van der Waals surface area contributed by atoms with E-state index in [1.54, 1.807) is 24.3 Å².